The zero-order chi connectivity index (χ0) is 19.7. The van der Waals surface area contributed by atoms with Crippen molar-refractivity contribution in [3.8, 4) is 0 Å². The molecule has 0 aliphatic heterocycles. The highest BCUT2D eigenvalue weighted by Crippen LogP contribution is 2.40. The number of rotatable bonds is 8. The van der Waals surface area contributed by atoms with Gasteiger partial charge in [-0.3, -0.25) is 9.59 Å². The van der Waals surface area contributed by atoms with E-state index >= 15 is 0 Å². The zero-order valence-corrected chi connectivity index (χ0v) is 16.2. The molecule has 0 aromatic heterocycles. The Morgan fingerprint density at radius 1 is 0.893 bits per heavy atom. The van der Waals surface area contributed by atoms with E-state index in [1.165, 1.54) is 24.5 Å². The van der Waals surface area contributed by atoms with Crippen LogP contribution in [-0.4, -0.2) is 24.9 Å². The third-order valence-electron chi connectivity index (χ3n) is 5.45. The molecule has 0 saturated heterocycles. The van der Waals surface area contributed by atoms with Gasteiger partial charge < -0.3 is 10.6 Å². The first kappa shape index (κ1) is 19.9. The Hall–Kier alpha value is -2.88. The third-order valence-corrected chi connectivity index (χ3v) is 5.45. The second-order valence-electron chi connectivity index (χ2n) is 7.42. The summed E-state index contributed by atoms with van der Waals surface area (Å²) in [4.78, 5) is 24.1. The standard InChI is InChI=1S/C24H28N2O2/c27-22(14-13-20-9-3-1-4-10-20)25-18-15-23(28)26-19-24(16-7-8-17-24)21-11-5-2-6-12-21/h1-6,9-14H,7-8,15-19H2,(H,25,27)(H,26,28)/b14-13+. The van der Waals surface area contributed by atoms with Crippen LogP contribution in [0.3, 0.4) is 0 Å². The van der Waals surface area contributed by atoms with Crippen molar-refractivity contribution in [2.75, 3.05) is 13.1 Å². The molecule has 1 saturated carbocycles. The summed E-state index contributed by atoms with van der Waals surface area (Å²) in [5, 5.41) is 5.85. The Kier molecular flexibility index (Phi) is 7.01. The van der Waals surface area contributed by atoms with Gasteiger partial charge in [0.05, 0.1) is 0 Å². The summed E-state index contributed by atoms with van der Waals surface area (Å²) >= 11 is 0. The van der Waals surface area contributed by atoms with Gasteiger partial charge in [-0.25, -0.2) is 0 Å². The SMILES string of the molecule is O=C(/C=C/c1ccccc1)NCCC(=O)NCC1(c2ccccc2)CCCC1. The summed E-state index contributed by atoms with van der Waals surface area (Å²) in [7, 11) is 0. The number of carbonyl (C=O) groups is 2. The van der Waals surface area contributed by atoms with E-state index in [1.54, 1.807) is 6.08 Å². The van der Waals surface area contributed by atoms with E-state index in [-0.39, 0.29) is 23.7 Å². The number of benzene rings is 2. The third kappa shape index (κ3) is 5.56. The minimum absolute atomic E-state index is 0.0189. The van der Waals surface area contributed by atoms with Crippen molar-refractivity contribution in [2.45, 2.75) is 37.5 Å². The van der Waals surface area contributed by atoms with Gasteiger partial charge in [-0.2, -0.15) is 0 Å². The van der Waals surface area contributed by atoms with Gasteiger partial charge in [-0.1, -0.05) is 73.5 Å². The first-order valence-corrected chi connectivity index (χ1v) is 10.0. The lowest BCUT2D eigenvalue weighted by molar-refractivity contribution is -0.121. The minimum Gasteiger partial charge on any atom is -0.355 e. The molecule has 1 aliphatic rings. The second-order valence-corrected chi connectivity index (χ2v) is 7.42. The van der Waals surface area contributed by atoms with E-state index in [0.717, 1.165) is 18.4 Å². The number of amides is 2. The van der Waals surface area contributed by atoms with Crippen LogP contribution in [-0.2, 0) is 15.0 Å². The van der Waals surface area contributed by atoms with Crippen LogP contribution in [0.1, 0.15) is 43.2 Å². The van der Waals surface area contributed by atoms with E-state index in [9.17, 15) is 9.59 Å². The maximum absolute atomic E-state index is 12.3. The van der Waals surface area contributed by atoms with Crippen molar-refractivity contribution in [3.63, 3.8) is 0 Å². The van der Waals surface area contributed by atoms with Gasteiger partial charge in [0.1, 0.15) is 0 Å². The lowest BCUT2D eigenvalue weighted by atomic mass is 9.79. The minimum atomic E-state index is -0.187. The molecule has 28 heavy (non-hydrogen) atoms. The molecule has 2 amide bonds. The van der Waals surface area contributed by atoms with Gasteiger partial charge >= 0.3 is 0 Å². The molecule has 0 spiro atoms. The van der Waals surface area contributed by atoms with Gasteiger partial charge in [-0.15, -0.1) is 0 Å². The van der Waals surface area contributed by atoms with Crippen LogP contribution in [0.4, 0.5) is 0 Å². The average molecular weight is 377 g/mol. The van der Waals surface area contributed by atoms with Crippen molar-refractivity contribution in [3.05, 3.63) is 77.9 Å². The predicted octanol–water partition coefficient (Wildman–Crippen LogP) is 3.83. The van der Waals surface area contributed by atoms with Crippen molar-refractivity contribution in [1.82, 2.24) is 10.6 Å². The van der Waals surface area contributed by atoms with Gasteiger partial charge in [-0.05, 0) is 30.0 Å². The molecule has 1 fully saturated rings. The molecule has 146 valence electrons. The highest BCUT2D eigenvalue weighted by molar-refractivity contribution is 5.92. The van der Waals surface area contributed by atoms with E-state index in [0.29, 0.717) is 13.1 Å². The fourth-order valence-corrected chi connectivity index (χ4v) is 3.86. The van der Waals surface area contributed by atoms with Crippen molar-refractivity contribution in [2.24, 2.45) is 0 Å². The van der Waals surface area contributed by atoms with Crippen LogP contribution in [0, 0.1) is 0 Å². The second kappa shape index (κ2) is 9.88. The Balaban J connectivity index is 1.42. The first-order chi connectivity index (χ1) is 13.7. The lowest BCUT2D eigenvalue weighted by Crippen LogP contribution is -2.40. The molecule has 0 atom stereocenters. The van der Waals surface area contributed by atoms with Crippen molar-refractivity contribution < 1.29 is 9.59 Å². The van der Waals surface area contributed by atoms with Gasteiger partial charge in [0.15, 0.2) is 0 Å². The molecule has 3 rings (SSSR count). The molecule has 0 unspecified atom stereocenters. The van der Waals surface area contributed by atoms with Crippen molar-refractivity contribution >= 4 is 17.9 Å². The Bertz CT molecular complexity index is 794. The van der Waals surface area contributed by atoms with Crippen LogP contribution in [0.5, 0.6) is 0 Å². The summed E-state index contributed by atoms with van der Waals surface area (Å²) in [6, 6.07) is 20.1. The number of hydrogen-bond donors (Lipinski definition) is 2. The molecular weight excluding hydrogens is 348 g/mol. The smallest absolute Gasteiger partial charge is 0.244 e. The van der Waals surface area contributed by atoms with Crippen LogP contribution < -0.4 is 10.6 Å². The molecular formula is C24H28N2O2. The number of hydrogen-bond acceptors (Lipinski definition) is 2. The Morgan fingerprint density at radius 2 is 1.54 bits per heavy atom. The van der Waals surface area contributed by atoms with Gasteiger partial charge in [0, 0.05) is 31.0 Å². The van der Waals surface area contributed by atoms with E-state index in [4.69, 9.17) is 0 Å². The summed E-state index contributed by atoms with van der Waals surface area (Å²) in [6.45, 7) is 1.000. The highest BCUT2D eigenvalue weighted by Gasteiger charge is 2.35. The molecule has 0 heterocycles. The number of nitrogens with one attached hydrogen (secondary N) is 2. The molecule has 0 bridgehead atoms. The Morgan fingerprint density at radius 3 is 2.21 bits per heavy atom. The van der Waals surface area contributed by atoms with Crippen LogP contribution in [0.2, 0.25) is 0 Å². The van der Waals surface area contributed by atoms with Crippen LogP contribution in [0.15, 0.2) is 66.7 Å². The maximum atomic E-state index is 12.3. The normalized spacial score (nSPS) is 15.4. The first-order valence-electron chi connectivity index (χ1n) is 10.0. The summed E-state index contributed by atoms with van der Waals surface area (Å²) in [5.74, 6) is -0.206. The fourth-order valence-electron chi connectivity index (χ4n) is 3.86. The van der Waals surface area contributed by atoms with E-state index in [2.05, 4.69) is 34.9 Å². The van der Waals surface area contributed by atoms with E-state index in [1.807, 2.05) is 36.4 Å². The molecule has 2 aromatic rings. The van der Waals surface area contributed by atoms with Gasteiger partial charge in [0.25, 0.3) is 0 Å². The van der Waals surface area contributed by atoms with E-state index < -0.39 is 0 Å². The lowest BCUT2D eigenvalue weighted by Gasteiger charge is -2.30. The maximum Gasteiger partial charge on any atom is 0.244 e. The molecule has 4 heteroatoms. The fraction of sp³-hybridized carbons (Fsp3) is 0.333. The zero-order valence-electron chi connectivity index (χ0n) is 16.2. The predicted molar refractivity (Wildman–Crippen MR) is 113 cm³/mol. The molecule has 2 aromatic carbocycles. The highest BCUT2D eigenvalue weighted by atomic mass is 16.2. The summed E-state index contributed by atoms with van der Waals surface area (Å²) < 4.78 is 0. The largest absolute Gasteiger partial charge is 0.355 e. The molecule has 2 N–H and O–H groups in total. The summed E-state index contributed by atoms with van der Waals surface area (Å²) in [6.07, 6.45) is 8.17. The topological polar surface area (TPSA) is 58.2 Å². The monoisotopic (exact) mass is 376 g/mol. The van der Waals surface area contributed by atoms with Crippen LogP contribution >= 0.6 is 0 Å². The average Bonchev–Trinajstić information content (AvgIpc) is 3.22. The molecule has 1 aliphatic carbocycles. The number of carbonyl (C=O) groups excluding carboxylic acids is 2. The van der Waals surface area contributed by atoms with Crippen molar-refractivity contribution in [1.29, 1.82) is 0 Å². The summed E-state index contributed by atoms with van der Waals surface area (Å²) in [5.41, 5.74) is 2.34. The quantitative estimate of drug-likeness (QED) is 0.688. The van der Waals surface area contributed by atoms with Crippen LogP contribution in [0.25, 0.3) is 6.08 Å². The molecule has 0 radical (unpaired) electrons. The van der Waals surface area contributed by atoms with Gasteiger partial charge in [0.2, 0.25) is 11.8 Å². The Labute approximate surface area is 167 Å². The molecule has 4 nitrogen and oxygen atoms in total.